The molecule has 25 heavy (non-hydrogen) atoms. The van der Waals surface area contributed by atoms with E-state index in [9.17, 15) is 4.79 Å². The number of nitrogens with zero attached hydrogens (tertiary/aromatic N) is 2. The van der Waals surface area contributed by atoms with Gasteiger partial charge in [-0.25, -0.2) is 4.98 Å². The van der Waals surface area contributed by atoms with Gasteiger partial charge in [0.05, 0.1) is 24.0 Å². The average molecular weight is 359 g/mol. The van der Waals surface area contributed by atoms with Crippen LogP contribution in [0.3, 0.4) is 0 Å². The summed E-state index contributed by atoms with van der Waals surface area (Å²) in [5.41, 5.74) is 1.89. The molecule has 1 aliphatic heterocycles. The molecule has 134 valence electrons. The zero-order valence-electron chi connectivity index (χ0n) is 15.5. The first-order chi connectivity index (χ1) is 11.7. The van der Waals surface area contributed by atoms with Crippen molar-refractivity contribution in [2.75, 3.05) is 6.61 Å². The van der Waals surface area contributed by atoms with Gasteiger partial charge in [0.1, 0.15) is 6.10 Å². The molecule has 0 bridgehead atoms. The number of carbonyl (C=O) groups excluding carboxylic acids is 1. The third kappa shape index (κ3) is 3.61. The Morgan fingerprint density at radius 2 is 2.00 bits per heavy atom. The van der Waals surface area contributed by atoms with Gasteiger partial charge in [0.25, 0.3) is 0 Å². The standard InChI is InChI=1S/C19H26N2O3Si/c1-19(2,3)25(4,5)23-12-17-16(22)10-11-18(24-17)21-13-20-14-8-6-7-9-15(14)21/h6-11,13,17-18H,12H2,1-5H3/t17-,18-/m0/s1. The fourth-order valence-corrected chi connectivity index (χ4v) is 3.53. The summed E-state index contributed by atoms with van der Waals surface area (Å²) in [6.45, 7) is 11.2. The van der Waals surface area contributed by atoms with Crippen LogP contribution >= 0.6 is 0 Å². The summed E-state index contributed by atoms with van der Waals surface area (Å²) in [7, 11) is -1.93. The lowest BCUT2D eigenvalue weighted by Gasteiger charge is -2.37. The SMILES string of the molecule is CC(C)(C)[Si](C)(C)OC[C@@H]1O[C@H](n2cnc3ccccc32)C=CC1=O. The summed E-state index contributed by atoms with van der Waals surface area (Å²) in [5.74, 6) is -0.0422. The summed E-state index contributed by atoms with van der Waals surface area (Å²) in [5, 5.41) is 0.0977. The summed E-state index contributed by atoms with van der Waals surface area (Å²) in [6.07, 6.45) is 4.20. The van der Waals surface area contributed by atoms with E-state index in [0.717, 1.165) is 11.0 Å². The third-order valence-corrected chi connectivity index (χ3v) is 9.70. The summed E-state index contributed by atoms with van der Waals surface area (Å²) < 4.78 is 14.2. The summed E-state index contributed by atoms with van der Waals surface area (Å²) in [4.78, 5) is 16.6. The second kappa shape index (κ2) is 6.51. The van der Waals surface area contributed by atoms with Crippen molar-refractivity contribution in [3.05, 3.63) is 42.7 Å². The molecule has 2 heterocycles. The highest BCUT2D eigenvalue weighted by Gasteiger charge is 2.39. The van der Waals surface area contributed by atoms with Crippen LogP contribution < -0.4 is 0 Å². The van der Waals surface area contributed by atoms with E-state index in [-0.39, 0.29) is 17.0 Å². The van der Waals surface area contributed by atoms with Crippen molar-refractivity contribution in [1.29, 1.82) is 0 Å². The second-order valence-corrected chi connectivity index (χ2v) is 12.8. The first kappa shape index (κ1) is 18.0. The molecule has 1 aromatic heterocycles. The molecule has 0 unspecified atom stereocenters. The Labute approximate surface area is 149 Å². The zero-order chi connectivity index (χ0) is 18.2. The maximum absolute atomic E-state index is 12.2. The molecule has 5 nitrogen and oxygen atoms in total. The van der Waals surface area contributed by atoms with E-state index in [0.29, 0.717) is 6.61 Å². The Morgan fingerprint density at radius 1 is 1.28 bits per heavy atom. The molecular weight excluding hydrogens is 332 g/mol. The van der Waals surface area contributed by atoms with Crippen molar-refractivity contribution >= 4 is 25.1 Å². The van der Waals surface area contributed by atoms with Crippen molar-refractivity contribution in [2.45, 2.75) is 51.2 Å². The molecule has 6 heteroatoms. The Kier molecular flexibility index (Phi) is 4.70. The second-order valence-electron chi connectivity index (χ2n) is 7.99. The Balaban J connectivity index is 1.76. The van der Waals surface area contributed by atoms with Crippen LogP contribution in [0.2, 0.25) is 18.1 Å². The van der Waals surface area contributed by atoms with Crippen molar-refractivity contribution < 1.29 is 14.0 Å². The number of rotatable bonds is 4. The van der Waals surface area contributed by atoms with Gasteiger partial charge in [-0.1, -0.05) is 32.9 Å². The van der Waals surface area contributed by atoms with E-state index in [1.807, 2.05) is 28.8 Å². The number of ketones is 1. The van der Waals surface area contributed by atoms with Gasteiger partial charge in [-0.2, -0.15) is 0 Å². The Hall–Kier alpha value is -1.76. The first-order valence-corrected chi connectivity index (χ1v) is 11.5. The molecule has 0 saturated heterocycles. The van der Waals surface area contributed by atoms with Crippen molar-refractivity contribution in [3.63, 3.8) is 0 Å². The number of ether oxygens (including phenoxy) is 1. The number of fused-ring (bicyclic) bond motifs is 1. The maximum atomic E-state index is 12.2. The highest BCUT2D eigenvalue weighted by molar-refractivity contribution is 6.74. The van der Waals surface area contributed by atoms with E-state index in [1.54, 1.807) is 18.5 Å². The van der Waals surface area contributed by atoms with Gasteiger partial charge in [0.2, 0.25) is 0 Å². The lowest BCUT2D eigenvalue weighted by Crippen LogP contribution is -2.45. The molecular formula is C19H26N2O3Si. The highest BCUT2D eigenvalue weighted by Crippen LogP contribution is 2.37. The predicted molar refractivity (Wildman–Crippen MR) is 101 cm³/mol. The zero-order valence-corrected chi connectivity index (χ0v) is 16.5. The number of para-hydroxylation sites is 2. The number of aromatic nitrogens is 2. The monoisotopic (exact) mass is 358 g/mol. The topological polar surface area (TPSA) is 53.4 Å². The quantitative estimate of drug-likeness (QED) is 0.773. The van der Waals surface area contributed by atoms with Crippen molar-refractivity contribution in [2.24, 2.45) is 0 Å². The van der Waals surface area contributed by atoms with Gasteiger partial charge in [0.15, 0.2) is 20.3 Å². The molecule has 0 spiro atoms. The lowest BCUT2D eigenvalue weighted by molar-refractivity contribution is -0.136. The number of benzene rings is 1. The van der Waals surface area contributed by atoms with Gasteiger partial charge in [-0.05, 0) is 42.4 Å². The lowest BCUT2D eigenvalue weighted by atomic mass is 10.2. The molecule has 1 aromatic carbocycles. The first-order valence-electron chi connectivity index (χ1n) is 8.62. The third-order valence-electron chi connectivity index (χ3n) is 5.20. The van der Waals surface area contributed by atoms with Crippen molar-refractivity contribution in [3.8, 4) is 0 Å². The molecule has 3 rings (SSSR count). The van der Waals surface area contributed by atoms with Gasteiger partial charge < -0.3 is 9.16 Å². The molecule has 0 fully saturated rings. The average Bonchev–Trinajstić information content (AvgIpc) is 2.97. The fraction of sp³-hybridized carbons (Fsp3) is 0.474. The van der Waals surface area contributed by atoms with Gasteiger partial charge in [-0.15, -0.1) is 0 Å². The van der Waals surface area contributed by atoms with Crippen LogP contribution in [0, 0.1) is 0 Å². The van der Waals surface area contributed by atoms with Gasteiger partial charge in [-0.3, -0.25) is 9.36 Å². The predicted octanol–water partition coefficient (Wildman–Crippen LogP) is 4.08. The maximum Gasteiger partial charge on any atom is 0.192 e. The summed E-state index contributed by atoms with van der Waals surface area (Å²) >= 11 is 0. The van der Waals surface area contributed by atoms with Crippen LogP contribution in [-0.4, -0.2) is 36.4 Å². The molecule has 0 aliphatic carbocycles. The highest BCUT2D eigenvalue weighted by atomic mass is 28.4. The smallest absolute Gasteiger partial charge is 0.192 e. The van der Waals surface area contributed by atoms with Crippen LogP contribution in [0.4, 0.5) is 0 Å². The minimum absolute atomic E-state index is 0.0422. The number of carbonyl (C=O) groups is 1. The Bertz CT molecular complexity index is 804. The van der Waals surface area contributed by atoms with Crippen LogP contribution in [0.25, 0.3) is 11.0 Å². The van der Waals surface area contributed by atoms with E-state index >= 15 is 0 Å². The van der Waals surface area contributed by atoms with Crippen LogP contribution in [-0.2, 0) is 14.0 Å². The number of hydrogen-bond donors (Lipinski definition) is 0. The minimum atomic E-state index is -1.93. The molecule has 0 saturated carbocycles. The molecule has 2 aromatic rings. The van der Waals surface area contributed by atoms with Gasteiger partial charge in [0, 0.05) is 0 Å². The van der Waals surface area contributed by atoms with E-state index in [1.165, 1.54) is 0 Å². The molecule has 1 aliphatic rings. The van der Waals surface area contributed by atoms with E-state index in [2.05, 4.69) is 38.8 Å². The van der Waals surface area contributed by atoms with Crippen molar-refractivity contribution in [1.82, 2.24) is 9.55 Å². The Morgan fingerprint density at radius 3 is 2.72 bits per heavy atom. The molecule has 2 atom stereocenters. The normalized spacial score (nSPS) is 21.9. The largest absolute Gasteiger partial charge is 0.414 e. The van der Waals surface area contributed by atoms with Crippen LogP contribution in [0.15, 0.2) is 42.7 Å². The number of hydrogen-bond acceptors (Lipinski definition) is 4. The fourth-order valence-electron chi connectivity index (χ4n) is 2.53. The minimum Gasteiger partial charge on any atom is -0.414 e. The van der Waals surface area contributed by atoms with Crippen LogP contribution in [0.1, 0.15) is 27.0 Å². The number of imidazole rings is 1. The van der Waals surface area contributed by atoms with Crippen LogP contribution in [0.5, 0.6) is 0 Å². The van der Waals surface area contributed by atoms with Gasteiger partial charge >= 0.3 is 0 Å². The molecule has 0 N–H and O–H groups in total. The summed E-state index contributed by atoms with van der Waals surface area (Å²) in [6, 6.07) is 7.88. The van der Waals surface area contributed by atoms with E-state index < -0.39 is 14.4 Å². The molecule has 0 amide bonds. The molecule has 0 radical (unpaired) electrons. The van der Waals surface area contributed by atoms with E-state index in [4.69, 9.17) is 9.16 Å².